The van der Waals surface area contributed by atoms with E-state index in [-0.39, 0.29) is 29.4 Å². The van der Waals surface area contributed by atoms with Crippen LogP contribution >= 0.6 is 0 Å². The number of rotatable bonds is 5. The number of nitrogens with zero attached hydrogens (tertiary/aromatic N) is 2. The van der Waals surface area contributed by atoms with E-state index in [1.165, 1.54) is 0 Å². The molecule has 1 saturated carbocycles. The Labute approximate surface area is 121 Å². The van der Waals surface area contributed by atoms with E-state index in [1.807, 2.05) is 0 Å². The fraction of sp³-hybridized carbons (Fsp3) is 0.357. The van der Waals surface area contributed by atoms with Crippen molar-refractivity contribution in [1.29, 1.82) is 0 Å². The molecule has 0 saturated heterocycles. The number of hydrogen-bond acceptors (Lipinski definition) is 6. The third-order valence-electron chi connectivity index (χ3n) is 3.27. The number of amides is 1. The predicted molar refractivity (Wildman–Crippen MR) is 73.5 cm³/mol. The van der Waals surface area contributed by atoms with Crippen LogP contribution in [0.1, 0.15) is 41.0 Å². The lowest BCUT2D eigenvalue weighted by Gasteiger charge is -2.06. The first-order chi connectivity index (χ1) is 10.1. The standard InChI is InChI=1S/C14H16N4O3/c15-11(7-8-1-5-10(19)6-2-8)14-17-12(18-21-14)13(20)16-9-3-4-9/h1-2,5-6,9,11,19H,3-4,7,15H2,(H,16,20)/t11-/m1/s1. The number of phenolic OH excluding ortho intramolecular Hbond substituents is 1. The van der Waals surface area contributed by atoms with Crippen LogP contribution < -0.4 is 11.1 Å². The summed E-state index contributed by atoms with van der Waals surface area (Å²) in [7, 11) is 0. The first-order valence-corrected chi connectivity index (χ1v) is 6.80. The summed E-state index contributed by atoms with van der Waals surface area (Å²) in [5.74, 6) is 0.107. The van der Waals surface area contributed by atoms with Crippen LogP contribution in [0.25, 0.3) is 0 Å². The molecule has 0 aliphatic heterocycles. The van der Waals surface area contributed by atoms with Gasteiger partial charge in [0.05, 0.1) is 6.04 Å². The van der Waals surface area contributed by atoms with Gasteiger partial charge >= 0.3 is 0 Å². The molecule has 1 atom stereocenters. The van der Waals surface area contributed by atoms with Crippen LogP contribution in [0.3, 0.4) is 0 Å². The van der Waals surface area contributed by atoms with Gasteiger partial charge in [-0.1, -0.05) is 17.3 Å². The smallest absolute Gasteiger partial charge is 0.292 e. The van der Waals surface area contributed by atoms with Gasteiger partial charge < -0.3 is 20.7 Å². The minimum atomic E-state index is -0.496. The molecule has 7 nitrogen and oxygen atoms in total. The van der Waals surface area contributed by atoms with Crippen molar-refractivity contribution in [2.24, 2.45) is 5.73 Å². The van der Waals surface area contributed by atoms with Crippen LogP contribution in [0.15, 0.2) is 28.8 Å². The van der Waals surface area contributed by atoms with Crippen LogP contribution in [0.4, 0.5) is 0 Å². The van der Waals surface area contributed by atoms with E-state index >= 15 is 0 Å². The van der Waals surface area contributed by atoms with Crippen molar-refractivity contribution in [1.82, 2.24) is 15.5 Å². The molecule has 1 aromatic carbocycles. The Morgan fingerprint density at radius 3 is 2.81 bits per heavy atom. The molecule has 1 aliphatic rings. The zero-order valence-corrected chi connectivity index (χ0v) is 11.3. The quantitative estimate of drug-likeness (QED) is 0.753. The Bertz CT molecular complexity index is 634. The molecular formula is C14H16N4O3. The Morgan fingerprint density at radius 1 is 1.43 bits per heavy atom. The molecule has 1 fully saturated rings. The van der Waals surface area contributed by atoms with Crippen LogP contribution in [-0.2, 0) is 6.42 Å². The average Bonchev–Trinajstić information content (AvgIpc) is 3.14. The van der Waals surface area contributed by atoms with Crippen molar-refractivity contribution in [2.75, 3.05) is 0 Å². The van der Waals surface area contributed by atoms with Crippen molar-refractivity contribution in [3.05, 3.63) is 41.5 Å². The predicted octanol–water partition coefficient (Wildman–Crippen LogP) is 0.910. The summed E-state index contributed by atoms with van der Waals surface area (Å²) in [6, 6.07) is 6.46. The molecule has 1 aromatic heterocycles. The lowest BCUT2D eigenvalue weighted by molar-refractivity contribution is 0.0937. The lowest BCUT2D eigenvalue weighted by atomic mass is 10.1. The maximum Gasteiger partial charge on any atom is 0.292 e. The first kappa shape index (κ1) is 13.6. The molecule has 1 aliphatic carbocycles. The monoisotopic (exact) mass is 288 g/mol. The summed E-state index contributed by atoms with van der Waals surface area (Å²) < 4.78 is 5.05. The number of aromatic hydroxyl groups is 1. The summed E-state index contributed by atoms with van der Waals surface area (Å²) in [6.45, 7) is 0. The molecule has 2 aromatic rings. The van der Waals surface area contributed by atoms with E-state index in [4.69, 9.17) is 10.3 Å². The maximum atomic E-state index is 11.8. The van der Waals surface area contributed by atoms with Gasteiger partial charge in [-0.05, 0) is 37.0 Å². The summed E-state index contributed by atoms with van der Waals surface area (Å²) in [5.41, 5.74) is 6.93. The number of phenols is 1. The van der Waals surface area contributed by atoms with Gasteiger partial charge in [-0.2, -0.15) is 4.98 Å². The molecule has 0 unspecified atom stereocenters. The highest BCUT2D eigenvalue weighted by Crippen LogP contribution is 2.20. The largest absolute Gasteiger partial charge is 0.508 e. The number of nitrogens with one attached hydrogen (secondary N) is 1. The number of carbonyl (C=O) groups is 1. The zero-order valence-electron chi connectivity index (χ0n) is 11.3. The molecule has 21 heavy (non-hydrogen) atoms. The zero-order chi connectivity index (χ0) is 14.8. The van der Waals surface area contributed by atoms with Gasteiger partial charge in [0.2, 0.25) is 5.89 Å². The van der Waals surface area contributed by atoms with Gasteiger partial charge in [0.25, 0.3) is 11.7 Å². The van der Waals surface area contributed by atoms with Gasteiger partial charge in [0.15, 0.2) is 0 Å². The molecule has 1 heterocycles. The maximum absolute atomic E-state index is 11.8. The lowest BCUT2D eigenvalue weighted by Crippen LogP contribution is -2.26. The van der Waals surface area contributed by atoms with Crippen LogP contribution in [0, 0.1) is 0 Å². The average molecular weight is 288 g/mol. The number of aromatic nitrogens is 2. The summed E-state index contributed by atoms with van der Waals surface area (Å²) in [5, 5.41) is 15.7. The third-order valence-corrected chi connectivity index (χ3v) is 3.27. The molecule has 4 N–H and O–H groups in total. The number of nitrogens with two attached hydrogens (primary N) is 1. The van der Waals surface area contributed by atoms with Crippen molar-refractivity contribution in [3.8, 4) is 5.75 Å². The van der Waals surface area contributed by atoms with E-state index < -0.39 is 6.04 Å². The fourth-order valence-electron chi connectivity index (χ4n) is 1.93. The summed E-state index contributed by atoms with van der Waals surface area (Å²) in [4.78, 5) is 15.8. The fourth-order valence-corrected chi connectivity index (χ4v) is 1.93. The van der Waals surface area contributed by atoms with Crippen molar-refractivity contribution in [2.45, 2.75) is 31.3 Å². The van der Waals surface area contributed by atoms with Gasteiger partial charge in [-0.15, -0.1) is 0 Å². The topological polar surface area (TPSA) is 114 Å². The van der Waals surface area contributed by atoms with E-state index in [0.717, 1.165) is 18.4 Å². The van der Waals surface area contributed by atoms with Crippen molar-refractivity contribution >= 4 is 5.91 Å². The molecular weight excluding hydrogens is 272 g/mol. The molecule has 0 spiro atoms. The van der Waals surface area contributed by atoms with Crippen LogP contribution in [0.2, 0.25) is 0 Å². The van der Waals surface area contributed by atoms with Crippen molar-refractivity contribution in [3.63, 3.8) is 0 Å². The molecule has 0 radical (unpaired) electrons. The van der Waals surface area contributed by atoms with Crippen LogP contribution in [0.5, 0.6) is 5.75 Å². The Hall–Kier alpha value is -2.41. The van der Waals surface area contributed by atoms with E-state index in [2.05, 4.69) is 15.5 Å². The van der Waals surface area contributed by atoms with Gasteiger partial charge in [-0.3, -0.25) is 4.79 Å². The highest BCUT2D eigenvalue weighted by Gasteiger charge is 2.26. The molecule has 0 bridgehead atoms. The molecule has 7 heteroatoms. The molecule has 1 amide bonds. The second-order valence-electron chi connectivity index (χ2n) is 5.18. The van der Waals surface area contributed by atoms with Gasteiger partial charge in [0.1, 0.15) is 5.75 Å². The molecule has 110 valence electrons. The second-order valence-corrected chi connectivity index (χ2v) is 5.18. The Kier molecular flexibility index (Phi) is 3.57. The highest BCUT2D eigenvalue weighted by molar-refractivity contribution is 5.90. The highest BCUT2D eigenvalue weighted by atomic mass is 16.5. The summed E-state index contributed by atoms with van der Waals surface area (Å²) >= 11 is 0. The minimum Gasteiger partial charge on any atom is -0.508 e. The third kappa shape index (κ3) is 3.38. The number of benzene rings is 1. The van der Waals surface area contributed by atoms with E-state index in [1.54, 1.807) is 24.3 Å². The summed E-state index contributed by atoms with van der Waals surface area (Å²) in [6.07, 6.45) is 2.47. The number of hydrogen-bond donors (Lipinski definition) is 3. The Balaban J connectivity index is 1.64. The second kappa shape index (κ2) is 5.53. The minimum absolute atomic E-state index is 0.0121. The van der Waals surface area contributed by atoms with Crippen molar-refractivity contribution < 1.29 is 14.4 Å². The van der Waals surface area contributed by atoms with Gasteiger partial charge in [-0.25, -0.2) is 0 Å². The van der Waals surface area contributed by atoms with Crippen LogP contribution in [-0.4, -0.2) is 27.2 Å². The molecule has 3 rings (SSSR count). The SMILES string of the molecule is N[C@H](Cc1ccc(O)cc1)c1nc(C(=O)NC2CC2)no1. The normalized spacial score (nSPS) is 15.7. The number of carbonyl (C=O) groups excluding carboxylic acids is 1. The van der Waals surface area contributed by atoms with E-state index in [9.17, 15) is 9.90 Å². The Morgan fingerprint density at radius 2 is 2.14 bits per heavy atom. The van der Waals surface area contributed by atoms with Gasteiger partial charge in [0, 0.05) is 6.04 Å². The first-order valence-electron chi connectivity index (χ1n) is 6.80. The van der Waals surface area contributed by atoms with E-state index in [0.29, 0.717) is 6.42 Å².